The number of fused-ring (bicyclic) bond motifs is 1. The van der Waals surface area contributed by atoms with Crippen LogP contribution in [-0.4, -0.2) is 31.5 Å². The largest absolute Gasteiger partial charge is 0.348 e. The molecule has 0 spiro atoms. The van der Waals surface area contributed by atoms with Crippen LogP contribution in [0.25, 0.3) is 0 Å². The summed E-state index contributed by atoms with van der Waals surface area (Å²) in [5.74, 6) is 1.02. The first-order valence-corrected chi connectivity index (χ1v) is 3.48. The van der Waals surface area contributed by atoms with Gasteiger partial charge in [0.05, 0.1) is 12.6 Å². The molecular weight excluding hydrogens is 128 g/mol. The molecule has 0 saturated carbocycles. The van der Waals surface area contributed by atoms with Crippen molar-refractivity contribution in [2.75, 3.05) is 19.6 Å². The van der Waals surface area contributed by atoms with Gasteiger partial charge in [-0.3, -0.25) is 10.3 Å². The molecule has 0 aromatic rings. The number of aliphatic imine (C=N–C) groups is 1. The Kier molecular flexibility index (Phi) is 1.56. The van der Waals surface area contributed by atoms with Gasteiger partial charge in [0.25, 0.3) is 0 Å². The van der Waals surface area contributed by atoms with E-state index in [0.717, 1.165) is 25.5 Å². The Hall–Kier alpha value is -0.610. The first-order valence-electron chi connectivity index (χ1n) is 3.48. The molecule has 54 valence electrons. The van der Waals surface area contributed by atoms with E-state index in [1.807, 2.05) is 0 Å². The predicted molar refractivity (Wildman–Crippen MR) is 38.5 cm³/mol. The highest BCUT2D eigenvalue weighted by Gasteiger charge is 2.21. The van der Waals surface area contributed by atoms with Gasteiger partial charge in [0.2, 0.25) is 0 Å². The normalized spacial score (nSPS) is 32.0. The summed E-state index contributed by atoms with van der Waals surface area (Å²) in [5, 5.41) is 9.25. The van der Waals surface area contributed by atoms with Crippen molar-refractivity contribution in [3.63, 3.8) is 0 Å². The van der Waals surface area contributed by atoms with Gasteiger partial charge >= 0.3 is 0 Å². The Bertz CT molecular complexity index is 154. The van der Waals surface area contributed by atoms with Gasteiger partial charge in [-0.05, 0) is 0 Å². The third-order valence-electron chi connectivity index (χ3n) is 1.70. The van der Waals surface area contributed by atoms with Gasteiger partial charge in [-0.25, -0.2) is 0 Å². The molecule has 0 bridgehead atoms. The van der Waals surface area contributed by atoms with Crippen LogP contribution < -0.4 is 16.0 Å². The van der Waals surface area contributed by atoms with Crippen LogP contribution in [0.1, 0.15) is 0 Å². The van der Waals surface area contributed by atoms with E-state index >= 15 is 0 Å². The molecule has 0 aromatic carbocycles. The minimum Gasteiger partial charge on any atom is -0.348 e. The maximum Gasteiger partial charge on any atom is 0.172 e. The first kappa shape index (κ1) is 6.12. The lowest BCUT2D eigenvalue weighted by Gasteiger charge is -2.29. The van der Waals surface area contributed by atoms with Crippen LogP contribution >= 0.6 is 0 Å². The maximum absolute atomic E-state index is 4.29. The topological polar surface area (TPSA) is 48.5 Å². The highest BCUT2D eigenvalue weighted by atomic mass is 15.2. The second-order valence-electron chi connectivity index (χ2n) is 2.40. The Balaban J connectivity index is 2.08. The van der Waals surface area contributed by atoms with Gasteiger partial charge in [0, 0.05) is 13.1 Å². The highest BCUT2D eigenvalue weighted by Crippen LogP contribution is 1.96. The molecule has 1 atom stereocenters. The molecule has 4 heteroatoms. The zero-order chi connectivity index (χ0) is 6.81. The fraction of sp³-hybridized carbons (Fsp3) is 0.667. The summed E-state index contributed by atoms with van der Waals surface area (Å²) in [4.78, 5) is 4.29. The van der Waals surface area contributed by atoms with Gasteiger partial charge in [0.1, 0.15) is 5.84 Å². The van der Waals surface area contributed by atoms with Gasteiger partial charge < -0.3 is 10.6 Å². The quantitative estimate of drug-likeness (QED) is 0.383. The zero-order valence-electron chi connectivity index (χ0n) is 5.65. The summed E-state index contributed by atoms with van der Waals surface area (Å²) < 4.78 is 0. The Morgan fingerprint density at radius 1 is 1.60 bits per heavy atom. The molecule has 2 aliphatic heterocycles. The van der Waals surface area contributed by atoms with Crippen LogP contribution in [0.4, 0.5) is 0 Å². The van der Waals surface area contributed by atoms with Crippen molar-refractivity contribution in [2.24, 2.45) is 4.99 Å². The van der Waals surface area contributed by atoms with Crippen LogP contribution in [0.3, 0.4) is 0 Å². The minimum atomic E-state index is 0.370. The van der Waals surface area contributed by atoms with Crippen molar-refractivity contribution in [1.82, 2.24) is 16.0 Å². The Morgan fingerprint density at radius 2 is 2.60 bits per heavy atom. The Labute approximate surface area is 60.1 Å². The van der Waals surface area contributed by atoms with Gasteiger partial charge in [-0.1, -0.05) is 0 Å². The van der Waals surface area contributed by atoms with Crippen molar-refractivity contribution in [1.29, 1.82) is 0 Å². The SMILES string of the molecule is [C]1NCC2NCCN=C2N1. The summed E-state index contributed by atoms with van der Waals surface area (Å²) in [7, 11) is 0. The van der Waals surface area contributed by atoms with Crippen molar-refractivity contribution < 1.29 is 0 Å². The van der Waals surface area contributed by atoms with Crippen LogP contribution in [0.15, 0.2) is 4.99 Å². The van der Waals surface area contributed by atoms with E-state index in [2.05, 4.69) is 27.6 Å². The second-order valence-corrected chi connectivity index (χ2v) is 2.40. The number of rotatable bonds is 0. The number of amidine groups is 1. The lowest BCUT2D eigenvalue weighted by molar-refractivity contribution is 0.523. The molecule has 0 aromatic heterocycles. The molecule has 1 saturated heterocycles. The second kappa shape index (κ2) is 2.56. The molecule has 2 heterocycles. The lowest BCUT2D eigenvalue weighted by atomic mass is 10.2. The van der Waals surface area contributed by atoms with E-state index in [4.69, 9.17) is 0 Å². The molecule has 2 radical (unpaired) electrons. The van der Waals surface area contributed by atoms with Gasteiger partial charge in [-0.2, -0.15) is 0 Å². The molecule has 3 N–H and O–H groups in total. The molecule has 1 fully saturated rings. The fourth-order valence-corrected chi connectivity index (χ4v) is 1.18. The van der Waals surface area contributed by atoms with E-state index in [1.165, 1.54) is 0 Å². The smallest absolute Gasteiger partial charge is 0.172 e. The Morgan fingerprint density at radius 3 is 3.50 bits per heavy atom. The monoisotopic (exact) mass is 138 g/mol. The molecule has 0 aliphatic carbocycles. The van der Waals surface area contributed by atoms with Crippen LogP contribution in [0.5, 0.6) is 0 Å². The van der Waals surface area contributed by atoms with E-state index < -0.39 is 0 Å². The van der Waals surface area contributed by atoms with Crippen LogP contribution in [0.2, 0.25) is 0 Å². The van der Waals surface area contributed by atoms with Gasteiger partial charge in [-0.15, -0.1) is 0 Å². The van der Waals surface area contributed by atoms with E-state index in [0.29, 0.717) is 6.04 Å². The summed E-state index contributed by atoms with van der Waals surface area (Å²) in [5.41, 5.74) is 0. The van der Waals surface area contributed by atoms with E-state index in [1.54, 1.807) is 0 Å². The van der Waals surface area contributed by atoms with E-state index in [9.17, 15) is 0 Å². The summed E-state index contributed by atoms with van der Waals surface area (Å²) in [6.45, 7) is 5.57. The highest BCUT2D eigenvalue weighted by molar-refractivity contribution is 5.89. The summed E-state index contributed by atoms with van der Waals surface area (Å²) in [6, 6.07) is 0.370. The average Bonchev–Trinajstić information content (AvgIpc) is 2.05. The summed E-state index contributed by atoms with van der Waals surface area (Å²) >= 11 is 0. The summed E-state index contributed by atoms with van der Waals surface area (Å²) in [6.07, 6.45) is 0. The maximum atomic E-state index is 4.29. The third-order valence-corrected chi connectivity index (χ3v) is 1.70. The predicted octanol–water partition coefficient (Wildman–Crippen LogP) is -1.45. The number of nitrogens with zero attached hydrogens (tertiary/aromatic N) is 1. The zero-order valence-corrected chi connectivity index (χ0v) is 5.65. The fourth-order valence-electron chi connectivity index (χ4n) is 1.18. The standard InChI is InChI=1S/C6H10N4/c1-2-9-6-5(8-1)3-7-4-10-6/h5,7-8H,1-3H2,(H,9,10). The molecule has 2 aliphatic rings. The molecular formula is C6H10N4. The number of hydrogen-bond donors (Lipinski definition) is 3. The van der Waals surface area contributed by atoms with Crippen LogP contribution in [0, 0.1) is 6.67 Å². The van der Waals surface area contributed by atoms with Crippen molar-refractivity contribution >= 4 is 5.84 Å². The van der Waals surface area contributed by atoms with Gasteiger partial charge in [0.15, 0.2) is 6.67 Å². The third kappa shape index (κ3) is 0.998. The number of nitrogens with one attached hydrogen (secondary N) is 3. The van der Waals surface area contributed by atoms with Crippen molar-refractivity contribution in [3.8, 4) is 0 Å². The minimum absolute atomic E-state index is 0.370. The number of hydrogen-bond acceptors (Lipinski definition) is 4. The molecule has 10 heavy (non-hydrogen) atoms. The molecule has 1 unspecified atom stereocenters. The first-order chi connectivity index (χ1) is 4.97. The molecule has 0 amide bonds. The van der Waals surface area contributed by atoms with E-state index in [-0.39, 0.29) is 0 Å². The van der Waals surface area contributed by atoms with Crippen molar-refractivity contribution in [2.45, 2.75) is 6.04 Å². The van der Waals surface area contributed by atoms with Crippen molar-refractivity contribution in [3.05, 3.63) is 6.67 Å². The average molecular weight is 138 g/mol. The van der Waals surface area contributed by atoms with Crippen LogP contribution in [-0.2, 0) is 0 Å². The molecule has 2 rings (SSSR count). The molecule has 4 nitrogen and oxygen atoms in total. The lowest BCUT2D eigenvalue weighted by Crippen LogP contribution is -2.57.